The summed E-state index contributed by atoms with van der Waals surface area (Å²) in [6.07, 6.45) is 1.72. The van der Waals surface area contributed by atoms with Crippen molar-refractivity contribution in [2.45, 2.75) is 33.4 Å². The normalized spacial score (nSPS) is 11.3. The molecule has 6 nitrogen and oxygen atoms in total. The second-order valence-corrected chi connectivity index (χ2v) is 8.48. The number of hydrogen-bond acceptors (Lipinski definition) is 5. The van der Waals surface area contributed by atoms with Crippen molar-refractivity contribution in [1.29, 1.82) is 0 Å². The molecule has 0 saturated heterocycles. The predicted octanol–water partition coefficient (Wildman–Crippen LogP) is 5.28. The van der Waals surface area contributed by atoms with E-state index in [0.29, 0.717) is 22.4 Å². The number of anilines is 1. The Morgan fingerprint density at radius 2 is 2.07 bits per heavy atom. The number of pyridine rings is 1. The lowest BCUT2D eigenvalue weighted by Gasteiger charge is -2.18. The van der Waals surface area contributed by atoms with Gasteiger partial charge in [-0.3, -0.25) is 19.4 Å². The number of nitrogens with zero attached hydrogens (tertiary/aromatic N) is 5. The molecule has 0 aliphatic rings. The summed E-state index contributed by atoms with van der Waals surface area (Å²) in [6, 6.07) is 13.2. The van der Waals surface area contributed by atoms with Gasteiger partial charge in [-0.05, 0) is 57.2 Å². The SMILES string of the molecule is Cc1cc(C(=O)N(Cc2ccccn2)c2nc3ccc(Cl)cc3s2)nn1C(C)C. The molecule has 0 unspecified atom stereocenters. The second kappa shape index (κ2) is 7.93. The number of thiazole rings is 1. The van der Waals surface area contributed by atoms with Crippen molar-refractivity contribution in [3.05, 3.63) is 70.8 Å². The zero-order valence-electron chi connectivity index (χ0n) is 16.3. The minimum absolute atomic E-state index is 0.172. The maximum atomic E-state index is 13.4. The molecule has 0 radical (unpaired) electrons. The van der Waals surface area contributed by atoms with Crippen LogP contribution in [0, 0.1) is 6.92 Å². The molecule has 1 amide bonds. The zero-order chi connectivity index (χ0) is 20.5. The Hall–Kier alpha value is -2.77. The highest BCUT2D eigenvalue weighted by Crippen LogP contribution is 2.32. The Morgan fingerprint density at radius 3 is 2.76 bits per heavy atom. The second-order valence-electron chi connectivity index (χ2n) is 7.03. The zero-order valence-corrected chi connectivity index (χ0v) is 17.9. The average Bonchev–Trinajstić information content (AvgIpc) is 3.29. The van der Waals surface area contributed by atoms with E-state index in [1.807, 2.05) is 61.9 Å². The molecule has 3 heterocycles. The molecule has 0 spiro atoms. The first-order valence-electron chi connectivity index (χ1n) is 9.26. The van der Waals surface area contributed by atoms with E-state index in [0.717, 1.165) is 21.6 Å². The van der Waals surface area contributed by atoms with E-state index in [4.69, 9.17) is 11.6 Å². The van der Waals surface area contributed by atoms with Gasteiger partial charge in [-0.1, -0.05) is 29.0 Å². The Bertz CT molecular complexity index is 1170. The lowest BCUT2D eigenvalue weighted by Crippen LogP contribution is -2.31. The van der Waals surface area contributed by atoms with Crippen LogP contribution in [0.3, 0.4) is 0 Å². The van der Waals surface area contributed by atoms with Crippen molar-refractivity contribution in [1.82, 2.24) is 19.7 Å². The molecule has 29 heavy (non-hydrogen) atoms. The van der Waals surface area contributed by atoms with Crippen LogP contribution in [0.4, 0.5) is 5.13 Å². The standard InChI is InChI=1S/C21H20ClN5OS/c1-13(2)27-14(3)10-18(25-27)20(28)26(12-16-6-4-5-9-23-16)21-24-17-8-7-15(22)11-19(17)29-21/h4-11,13H,12H2,1-3H3. The number of aryl methyl sites for hydroxylation is 1. The van der Waals surface area contributed by atoms with E-state index in [2.05, 4.69) is 15.1 Å². The van der Waals surface area contributed by atoms with Gasteiger partial charge in [0.25, 0.3) is 5.91 Å². The molecule has 0 fully saturated rings. The summed E-state index contributed by atoms with van der Waals surface area (Å²) in [5.74, 6) is -0.205. The summed E-state index contributed by atoms with van der Waals surface area (Å²) < 4.78 is 2.78. The van der Waals surface area contributed by atoms with Crippen LogP contribution in [-0.2, 0) is 6.54 Å². The number of carbonyl (C=O) groups is 1. The van der Waals surface area contributed by atoms with E-state index in [-0.39, 0.29) is 11.9 Å². The highest BCUT2D eigenvalue weighted by atomic mass is 35.5. The molecule has 0 saturated carbocycles. The van der Waals surface area contributed by atoms with Gasteiger partial charge in [-0.15, -0.1) is 0 Å². The Balaban J connectivity index is 1.76. The van der Waals surface area contributed by atoms with Gasteiger partial charge in [-0.2, -0.15) is 5.10 Å². The van der Waals surface area contributed by atoms with Gasteiger partial charge < -0.3 is 0 Å². The van der Waals surface area contributed by atoms with Gasteiger partial charge in [0.05, 0.1) is 22.5 Å². The first-order chi connectivity index (χ1) is 13.9. The van der Waals surface area contributed by atoms with Gasteiger partial charge in [0.2, 0.25) is 0 Å². The monoisotopic (exact) mass is 425 g/mol. The van der Waals surface area contributed by atoms with Gasteiger partial charge in [0.1, 0.15) is 0 Å². The van der Waals surface area contributed by atoms with Crippen LogP contribution in [0.2, 0.25) is 5.02 Å². The van der Waals surface area contributed by atoms with Crippen LogP contribution in [0.25, 0.3) is 10.2 Å². The molecule has 8 heteroatoms. The van der Waals surface area contributed by atoms with E-state index >= 15 is 0 Å². The fourth-order valence-electron chi connectivity index (χ4n) is 3.14. The maximum Gasteiger partial charge on any atom is 0.280 e. The topological polar surface area (TPSA) is 63.9 Å². The number of halogens is 1. The third-order valence-corrected chi connectivity index (χ3v) is 5.77. The lowest BCUT2D eigenvalue weighted by atomic mass is 10.3. The molecule has 0 aliphatic heterocycles. The van der Waals surface area contributed by atoms with Crippen LogP contribution in [0.1, 0.15) is 41.8 Å². The molecular weight excluding hydrogens is 406 g/mol. The largest absolute Gasteiger partial charge is 0.280 e. The van der Waals surface area contributed by atoms with Crippen LogP contribution < -0.4 is 4.90 Å². The Kier molecular flexibility index (Phi) is 5.34. The summed E-state index contributed by atoms with van der Waals surface area (Å²) in [5, 5.41) is 5.76. The number of fused-ring (bicyclic) bond motifs is 1. The predicted molar refractivity (Wildman–Crippen MR) is 117 cm³/mol. The summed E-state index contributed by atoms with van der Waals surface area (Å²) in [6.45, 7) is 6.34. The number of carbonyl (C=O) groups excluding carboxylic acids is 1. The smallest absolute Gasteiger partial charge is 0.276 e. The number of amides is 1. The minimum Gasteiger partial charge on any atom is -0.276 e. The lowest BCUT2D eigenvalue weighted by molar-refractivity contribution is 0.0979. The number of benzene rings is 1. The van der Waals surface area contributed by atoms with E-state index < -0.39 is 0 Å². The summed E-state index contributed by atoms with van der Waals surface area (Å²) in [7, 11) is 0. The van der Waals surface area contributed by atoms with Crippen LogP contribution >= 0.6 is 22.9 Å². The van der Waals surface area contributed by atoms with E-state index in [9.17, 15) is 4.79 Å². The van der Waals surface area contributed by atoms with Crippen molar-refractivity contribution in [3.63, 3.8) is 0 Å². The summed E-state index contributed by atoms with van der Waals surface area (Å²) in [4.78, 5) is 24.1. The molecule has 0 N–H and O–H groups in total. The fraction of sp³-hybridized carbons (Fsp3) is 0.238. The van der Waals surface area contributed by atoms with Crippen LogP contribution in [0.15, 0.2) is 48.7 Å². The van der Waals surface area contributed by atoms with Crippen molar-refractivity contribution in [3.8, 4) is 0 Å². The third kappa shape index (κ3) is 4.02. The quantitative estimate of drug-likeness (QED) is 0.436. The molecule has 1 aromatic carbocycles. The third-order valence-electron chi connectivity index (χ3n) is 4.49. The average molecular weight is 426 g/mol. The number of hydrogen-bond donors (Lipinski definition) is 0. The summed E-state index contributed by atoms with van der Waals surface area (Å²) >= 11 is 7.55. The maximum absolute atomic E-state index is 13.4. The number of aromatic nitrogens is 4. The highest BCUT2D eigenvalue weighted by Gasteiger charge is 2.25. The molecular formula is C21H20ClN5OS. The summed E-state index contributed by atoms with van der Waals surface area (Å²) in [5.41, 5.74) is 2.91. The van der Waals surface area contributed by atoms with Crippen LogP contribution in [-0.4, -0.2) is 25.7 Å². The number of rotatable bonds is 5. The molecule has 4 aromatic rings. The molecule has 4 rings (SSSR count). The first kappa shape index (κ1) is 19.5. The molecule has 0 atom stereocenters. The van der Waals surface area contributed by atoms with Crippen molar-refractivity contribution >= 4 is 44.2 Å². The Morgan fingerprint density at radius 1 is 1.24 bits per heavy atom. The molecule has 3 aromatic heterocycles. The van der Waals surface area contributed by atoms with E-state index in [1.165, 1.54) is 11.3 Å². The molecule has 0 aliphatic carbocycles. The van der Waals surface area contributed by atoms with Gasteiger partial charge in [-0.25, -0.2) is 4.98 Å². The highest BCUT2D eigenvalue weighted by molar-refractivity contribution is 7.22. The van der Waals surface area contributed by atoms with E-state index in [1.54, 1.807) is 17.2 Å². The minimum atomic E-state index is -0.205. The van der Waals surface area contributed by atoms with Gasteiger partial charge in [0, 0.05) is 23.0 Å². The van der Waals surface area contributed by atoms with Crippen molar-refractivity contribution < 1.29 is 4.79 Å². The van der Waals surface area contributed by atoms with Crippen molar-refractivity contribution in [2.24, 2.45) is 0 Å². The fourth-order valence-corrected chi connectivity index (χ4v) is 4.37. The van der Waals surface area contributed by atoms with Crippen molar-refractivity contribution in [2.75, 3.05) is 4.90 Å². The van der Waals surface area contributed by atoms with Gasteiger partial charge >= 0.3 is 0 Å². The molecule has 0 bridgehead atoms. The first-order valence-corrected chi connectivity index (χ1v) is 10.5. The molecule has 148 valence electrons. The van der Waals surface area contributed by atoms with Gasteiger partial charge in [0.15, 0.2) is 10.8 Å². The Labute approximate surface area is 177 Å². The van der Waals surface area contributed by atoms with Crippen LogP contribution in [0.5, 0.6) is 0 Å².